The number of nitrogens with one attached hydrogen (secondary N) is 2. The summed E-state index contributed by atoms with van der Waals surface area (Å²) in [7, 11) is 0. The number of alkyl halides is 1. The van der Waals surface area contributed by atoms with E-state index in [-0.39, 0.29) is 34.0 Å². The molecule has 1 atom stereocenters. The summed E-state index contributed by atoms with van der Waals surface area (Å²) in [6.45, 7) is 5.62. The maximum Gasteiger partial charge on any atom is 0.412 e. The predicted octanol–water partition coefficient (Wildman–Crippen LogP) is 6.58. The number of aromatic nitrogens is 1. The van der Waals surface area contributed by atoms with E-state index in [1.54, 1.807) is 55.3 Å². The van der Waals surface area contributed by atoms with Crippen LogP contribution in [0, 0.1) is 0 Å². The van der Waals surface area contributed by atoms with E-state index in [0.717, 1.165) is 22.3 Å². The number of thiazole rings is 1. The number of rotatable bonds is 5. The quantitative estimate of drug-likeness (QED) is 0.230. The first-order valence-corrected chi connectivity index (χ1v) is 13.9. The van der Waals surface area contributed by atoms with Gasteiger partial charge in [0.25, 0.3) is 11.8 Å². The van der Waals surface area contributed by atoms with E-state index in [1.807, 2.05) is 24.3 Å². The Hall–Kier alpha value is -4.15. The van der Waals surface area contributed by atoms with Gasteiger partial charge in [-0.3, -0.25) is 20.2 Å². The van der Waals surface area contributed by atoms with Crippen molar-refractivity contribution in [3.05, 3.63) is 76.8 Å². The van der Waals surface area contributed by atoms with Crippen LogP contribution in [0.3, 0.4) is 0 Å². The van der Waals surface area contributed by atoms with E-state index >= 15 is 0 Å². The fourth-order valence-electron chi connectivity index (χ4n) is 4.64. The van der Waals surface area contributed by atoms with Gasteiger partial charge in [0.2, 0.25) is 0 Å². The summed E-state index contributed by atoms with van der Waals surface area (Å²) in [6, 6.07) is 15.5. The van der Waals surface area contributed by atoms with Crippen molar-refractivity contribution in [1.29, 1.82) is 0 Å². The standard InChI is InChI=1S/C29H27ClN4O5S/c1-29(2,3)39-28(38)31-18-8-6-7-16(11-18)25(36)33-27-32-21(15-40-27)26(37)34-14-17(13-30)24-20-10-5-4-9-19(20)23(35)12-22(24)34/h4-12,15,17,35H,13-14H2,1-3H3,(H,31,38)(H,32,33,36)/t17-/m1/s1. The van der Waals surface area contributed by atoms with Crippen LogP contribution in [0.5, 0.6) is 5.75 Å². The Morgan fingerprint density at radius 2 is 1.85 bits per heavy atom. The predicted molar refractivity (Wildman–Crippen MR) is 157 cm³/mol. The fraction of sp³-hybridized carbons (Fsp3) is 0.241. The van der Waals surface area contributed by atoms with Gasteiger partial charge in [0, 0.05) is 46.4 Å². The van der Waals surface area contributed by atoms with Gasteiger partial charge in [-0.15, -0.1) is 22.9 Å². The molecule has 1 aliphatic heterocycles. The number of carbonyl (C=O) groups excluding carboxylic acids is 3. The van der Waals surface area contributed by atoms with Gasteiger partial charge in [-0.1, -0.05) is 30.3 Å². The Bertz CT molecular complexity index is 1630. The molecule has 0 saturated heterocycles. The summed E-state index contributed by atoms with van der Waals surface area (Å²) in [5.41, 5.74) is 1.70. The number of carbonyl (C=O) groups is 3. The molecule has 1 aromatic heterocycles. The number of hydrogen-bond acceptors (Lipinski definition) is 7. The van der Waals surface area contributed by atoms with Crippen LogP contribution < -0.4 is 15.5 Å². The van der Waals surface area contributed by atoms with Gasteiger partial charge in [0.05, 0.1) is 5.69 Å². The highest BCUT2D eigenvalue weighted by atomic mass is 35.5. The van der Waals surface area contributed by atoms with Crippen LogP contribution in [-0.4, -0.2) is 46.0 Å². The highest BCUT2D eigenvalue weighted by Gasteiger charge is 2.35. The number of halogens is 1. The zero-order chi connectivity index (χ0) is 28.6. The molecule has 1 aliphatic rings. The Balaban J connectivity index is 1.32. The number of nitrogens with zero attached hydrogens (tertiary/aromatic N) is 2. The fourth-order valence-corrected chi connectivity index (χ4v) is 5.57. The average molecular weight is 579 g/mol. The number of fused-ring (bicyclic) bond motifs is 3. The third-order valence-electron chi connectivity index (χ3n) is 6.29. The molecule has 3 N–H and O–H groups in total. The number of phenols is 1. The molecule has 3 aromatic carbocycles. The van der Waals surface area contributed by atoms with Crippen molar-refractivity contribution >= 4 is 68.1 Å². The number of anilines is 3. The minimum Gasteiger partial charge on any atom is -0.507 e. The molecule has 0 spiro atoms. The van der Waals surface area contributed by atoms with Crippen LogP contribution >= 0.6 is 22.9 Å². The number of hydrogen-bond donors (Lipinski definition) is 3. The normalized spacial score (nSPS) is 14.6. The molecule has 0 bridgehead atoms. The van der Waals surface area contributed by atoms with Crippen molar-refractivity contribution in [3.8, 4) is 5.75 Å². The van der Waals surface area contributed by atoms with Crippen LogP contribution in [0.2, 0.25) is 0 Å². The lowest BCUT2D eigenvalue weighted by atomic mass is 9.95. The average Bonchev–Trinajstić information content (AvgIpc) is 3.52. The Morgan fingerprint density at radius 1 is 1.10 bits per heavy atom. The van der Waals surface area contributed by atoms with Crippen LogP contribution in [0.4, 0.5) is 21.3 Å². The van der Waals surface area contributed by atoms with Crippen molar-refractivity contribution in [1.82, 2.24) is 4.98 Å². The second kappa shape index (κ2) is 10.8. The van der Waals surface area contributed by atoms with E-state index in [0.29, 0.717) is 29.2 Å². The lowest BCUT2D eigenvalue weighted by Gasteiger charge is -2.19. The van der Waals surface area contributed by atoms with Crippen LogP contribution in [0.1, 0.15) is 53.1 Å². The molecule has 5 rings (SSSR count). The second-order valence-corrected chi connectivity index (χ2v) is 11.5. The molecule has 40 heavy (non-hydrogen) atoms. The summed E-state index contributed by atoms with van der Waals surface area (Å²) in [5, 5.41) is 19.3. The molecule has 4 aromatic rings. The van der Waals surface area contributed by atoms with Crippen LogP contribution in [-0.2, 0) is 4.74 Å². The highest BCUT2D eigenvalue weighted by molar-refractivity contribution is 7.14. The molecule has 0 aliphatic carbocycles. The largest absolute Gasteiger partial charge is 0.507 e. The zero-order valence-electron chi connectivity index (χ0n) is 22.0. The van der Waals surface area contributed by atoms with Gasteiger partial charge >= 0.3 is 6.09 Å². The number of benzene rings is 3. The topological polar surface area (TPSA) is 121 Å². The molecule has 0 saturated carbocycles. The van der Waals surface area contributed by atoms with E-state index < -0.39 is 17.6 Å². The van der Waals surface area contributed by atoms with Gasteiger partial charge in [-0.2, -0.15) is 0 Å². The van der Waals surface area contributed by atoms with Gasteiger partial charge in [0.15, 0.2) is 5.13 Å². The highest BCUT2D eigenvalue weighted by Crippen LogP contribution is 2.45. The van der Waals surface area contributed by atoms with Crippen molar-refractivity contribution in [2.75, 3.05) is 28.0 Å². The second-order valence-electron chi connectivity index (χ2n) is 10.3. The lowest BCUT2D eigenvalue weighted by Crippen LogP contribution is -2.30. The lowest BCUT2D eigenvalue weighted by molar-refractivity contribution is 0.0635. The smallest absolute Gasteiger partial charge is 0.412 e. The number of aromatic hydroxyl groups is 1. The molecule has 0 radical (unpaired) electrons. The molecule has 2 heterocycles. The first-order valence-electron chi connectivity index (χ1n) is 12.5. The maximum atomic E-state index is 13.5. The summed E-state index contributed by atoms with van der Waals surface area (Å²) in [4.78, 5) is 44.4. The third kappa shape index (κ3) is 5.59. The van der Waals surface area contributed by atoms with Crippen LogP contribution in [0.25, 0.3) is 10.8 Å². The monoisotopic (exact) mass is 578 g/mol. The first kappa shape index (κ1) is 27.4. The molecular weight excluding hydrogens is 552 g/mol. The van der Waals surface area contributed by atoms with E-state index in [4.69, 9.17) is 16.3 Å². The third-order valence-corrected chi connectivity index (χ3v) is 7.42. The molecule has 0 unspecified atom stereocenters. The van der Waals surface area contributed by atoms with Gasteiger partial charge < -0.3 is 14.7 Å². The van der Waals surface area contributed by atoms with Crippen LogP contribution in [0.15, 0.2) is 60.0 Å². The van der Waals surface area contributed by atoms with Gasteiger partial charge in [0.1, 0.15) is 17.0 Å². The summed E-state index contributed by atoms with van der Waals surface area (Å²) >= 11 is 7.41. The summed E-state index contributed by atoms with van der Waals surface area (Å²) < 4.78 is 5.25. The Labute approximate surface area is 239 Å². The SMILES string of the molecule is CC(C)(C)OC(=O)Nc1cccc(C(=O)Nc2nc(C(=O)N3C[C@@H](CCl)c4c3cc(O)c3ccccc43)cs2)c1. The van der Waals surface area contributed by atoms with Crippen molar-refractivity contribution in [2.24, 2.45) is 0 Å². The number of phenolic OH excluding ortho intramolecular Hbond substituents is 1. The Kier molecular flexibility index (Phi) is 7.39. The molecular formula is C29H27ClN4O5S. The minimum atomic E-state index is -0.657. The van der Waals surface area contributed by atoms with Crippen molar-refractivity contribution in [3.63, 3.8) is 0 Å². The summed E-state index contributed by atoms with van der Waals surface area (Å²) in [5.74, 6) is -0.524. The van der Waals surface area contributed by atoms with Gasteiger partial charge in [-0.05, 0) is 49.9 Å². The molecule has 0 fully saturated rings. The molecule has 206 valence electrons. The van der Waals surface area contributed by atoms with E-state index in [1.165, 1.54) is 6.07 Å². The number of amides is 3. The van der Waals surface area contributed by atoms with Crippen molar-refractivity contribution in [2.45, 2.75) is 32.3 Å². The van der Waals surface area contributed by atoms with E-state index in [9.17, 15) is 19.5 Å². The Morgan fingerprint density at radius 3 is 2.58 bits per heavy atom. The number of ether oxygens (including phenoxy) is 1. The molecule has 9 nitrogen and oxygen atoms in total. The first-order chi connectivity index (χ1) is 19.0. The van der Waals surface area contributed by atoms with Gasteiger partial charge in [-0.25, -0.2) is 9.78 Å². The van der Waals surface area contributed by atoms with Crippen molar-refractivity contribution < 1.29 is 24.2 Å². The minimum absolute atomic E-state index is 0.0805. The van der Waals surface area contributed by atoms with E-state index in [2.05, 4.69) is 15.6 Å². The zero-order valence-corrected chi connectivity index (χ0v) is 23.6. The summed E-state index contributed by atoms with van der Waals surface area (Å²) in [6.07, 6.45) is -0.630. The molecule has 11 heteroatoms. The molecule has 3 amide bonds. The maximum absolute atomic E-state index is 13.5.